The van der Waals surface area contributed by atoms with Crippen LogP contribution in [0.3, 0.4) is 0 Å². The number of methoxy groups -OCH3 is 1. The lowest BCUT2D eigenvalue weighted by molar-refractivity contribution is -0.130. The number of nitrogens with one attached hydrogen (secondary N) is 1. The lowest BCUT2D eigenvalue weighted by Crippen LogP contribution is -2.49. The zero-order valence-electron chi connectivity index (χ0n) is 14.6. The van der Waals surface area contributed by atoms with E-state index in [-0.39, 0.29) is 5.91 Å². The molecule has 8 heteroatoms. The third-order valence-electron chi connectivity index (χ3n) is 4.62. The van der Waals surface area contributed by atoms with Gasteiger partial charge in [0.25, 0.3) is 0 Å². The first-order valence-electron chi connectivity index (χ1n) is 8.54. The van der Waals surface area contributed by atoms with Gasteiger partial charge in [-0.15, -0.1) is 0 Å². The van der Waals surface area contributed by atoms with Gasteiger partial charge in [-0.3, -0.25) is 4.79 Å². The van der Waals surface area contributed by atoms with E-state index in [9.17, 15) is 4.79 Å². The molecule has 4 rings (SSSR count). The molecule has 1 aliphatic heterocycles. The minimum absolute atomic E-state index is 0.132. The summed E-state index contributed by atoms with van der Waals surface area (Å²) in [5.41, 5.74) is 2.46. The Labute approximate surface area is 150 Å². The molecule has 0 radical (unpaired) electrons. The van der Waals surface area contributed by atoms with Crippen molar-refractivity contribution in [3.05, 3.63) is 42.5 Å². The van der Waals surface area contributed by atoms with Gasteiger partial charge < -0.3 is 19.5 Å². The topological polar surface area (TPSA) is 87.2 Å². The molecule has 0 saturated carbocycles. The normalized spacial score (nSPS) is 14.7. The predicted molar refractivity (Wildman–Crippen MR) is 97.2 cm³/mol. The van der Waals surface area contributed by atoms with Crippen molar-refractivity contribution >= 4 is 22.9 Å². The van der Waals surface area contributed by atoms with E-state index >= 15 is 0 Å². The SMILES string of the molecule is COc1cccc(CC(=O)N2CCN(c3ncnc4nc[nH]c34)CC2)c1. The molecule has 3 heterocycles. The van der Waals surface area contributed by atoms with E-state index in [0.29, 0.717) is 25.2 Å². The standard InChI is InChI=1S/C18H20N6O2/c1-26-14-4-2-3-13(9-14)10-15(25)23-5-7-24(8-6-23)18-16-17(20-11-19-16)21-12-22-18/h2-4,9,11-12H,5-8,10H2,1H3,(H,19,20,21,22). The van der Waals surface area contributed by atoms with Gasteiger partial charge in [-0.2, -0.15) is 0 Å². The molecule has 0 bridgehead atoms. The van der Waals surface area contributed by atoms with Crippen molar-refractivity contribution in [3.8, 4) is 5.75 Å². The third-order valence-corrected chi connectivity index (χ3v) is 4.62. The molecule has 26 heavy (non-hydrogen) atoms. The highest BCUT2D eigenvalue weighted by molar-refractivity contribution is 5.83. The van der Waals surface area contributed by atoms with Crippen LogP contribution < -0.4 is 9.64 Å². The van der Waals surface area contributed by atoms with Gasteiger partial charge in [0.1, 0.15) is 17.6 Å². The average molecular weight is 352 g/mol. The molecule has 3 aromatic rings. The summed E-state index contributed by atoms with van der Waals surface area (Å²) in [5.74, 6) is 1.74. The second-order valence-corrected chi connectivity index (χ2v) is 6.19. The highest BCUT2D eigenvalue weighted by Gasteiger charge is 2.23. The average Bonchev–Trinajstić information content (AvgIpc) is 3.17. The molecule has 1 aliphatic rings. The maximum absolute atomic E-state index is 12.6. The summed E-state index contributed by atoms with van der Waals surface area (Å²) in [5, 5.41) is 0. The second-order valence-electron chi connectivity index (χ2n) is 6.19. The summed E-state index contributed by atoms with van der Waals surface area (Å²) >= 11 is 0. The van der Waals surface area contributed by atoms with Crippen molar-refractivity contribution in [2.45, 2.75) is 6.42 Å². The molecule has 0 unspecified atom stereocenters. The number of hydrogen-bond acceptors (Lipinski definition) is 6. The van der Waals surface area contributed by atoms with Crippen LogP contribution in [-0.2, 0) is 11.2 Å². The number of fused-ring (bicyclic) bond motifs is 1. The smallest absolute Gasteiger partial charge is 0.227 e. The highest BCUT2D eigenvalue weighted by Crippen LogP contribution is 2.21. The van der Waals surface area contributed by atoms with Crippen LogP contribution in [0, 0.1) is 0 Å². The maximum Gasteiger partial charge on any atom is 0.227 e. The molecule has 1 N–H and O–H groups in total. The minimum Gasteiger partial charge on any atom is -0.497 e. The van der Waals surface area contributed by atoms with Gasteiger partial charge in [-0.05, 0) is 17.7 Å². The number of hydrogen-bond donors (Lipinski definition) is 1. The van der Waals surface area contributed by atoms with E-state index in [1.54, 1.807) is 13.4 Å². The number of anilines is 1. The van der Waals surface area contributed by atoms with Crippen molar-refractivity contribution < 1.29 is 9.53 Å². The maximum atomic E-state index is 12.6. The molecule has 2 aromatic heterocycles. The van der Waals surface area contributed by atoms with Gasteiger partial charge >= 0.3 is 0 Å². The Bertz CT molecular complexity index is 917. The van der Waals surface area contributed by atoms with Crippen LogP contribution in [-0.4, -0.2) is 64.0 Å². The Balaban J connectivity index is 1.40. The van der Waals surface area contributed by atoms with Crippen LogP contribution in [0.1, 0.15) is 5.56 Å². The van der Waals surface area contributed by atoms with Crippen LogP contribution in [0.5, 0.6) is 5.75 Å². The van der Waals surface area contributed by atoms with E-state index in [4.69, 9.17) is 4.74 Å². The van der Waals surface area contributed by atoms with Crippen LogP contribution in [0.2, 0.25) is 0 Å². The van der Waals surface area contributed by atoms with Gasteiger partial charge in [-0.25, -0.2) is 15.0 Å². The Morgan fingerprint density at radius 1 is 1.19 bits per heavy atom. The number of H-pyrrole nitrogens is 1. The monoisotopic (exact) mass is 352 g/mol. The molecule has 134 valence electrons. The molecule has 0 aliphatic carbocycles. The molecular weight excluding hydrogens is 332 g/mol. The molecular formula is C18H20N6O2. The number of imidazole rings is 1. The van der Waals surface area contributed by atoms with Gasteiger partial charge in [0.15, 0.2) is 11.5 Å². The van der Waals surface area contributed by atoms with E-state index in [0.717, 1.165) is 35.7 Å². The third kappa shape index (κ3) is 3.17. The van der Waals surface area contributed by atoms with Crippen molar-refractivity contribution in [3.63, 3.8) is 0 Å². The zero-order valence-corrected chi connectivity index (χ0v) is 14.6. The van der Waals surface area contributed by atoms with Crippen LogP contribution >= 0.6 is 0 Å². The lowest BCUT2D eigenvalue weighted by Gasteiger charge is -2.35. The summed E-state index contributed by atoms with van der Waals surface area (Å²) in [7, 11) is 1.63. The quantitative estimate of drug-likeness (QED) is 0.760. The van der Waals surface area contributed by atoms with Gasteiger partial charge in [0.05, 0.1) is 19.9 Å². The van der Waals surface area contributed by atoms with Crippen LogP contribution in [0.15, 0.2) is 36.9 Å². The summed E-state index contributed by atoms with van der Waals surface area (Å²) in [6.07, 6.45) is 3.53. The van der Waals surface area contributed by atoms with Crippen molar-refractivity contribution in [2.75, 3.05) is 38.2 Å². The Morgan fingerprint density at radius 3 is 2.85 bits per heavy atom. The van der Waals surface area contributed by atoms with Crippen LogP contribution in [0.25, 0.3) is 11.2 Å². The molecule has 1 fully saturated rings. The second kappa shape index (κ2) is 6.99. The van der Waals surface area contributed by atoms with Gasteiger partial charge in [-0.1, -0.05) is 12.1 Å². The fourth-order valence-electron chi connectivity index (χ4n) is 3.23. The lowest BCUT2D eigenvalue weighted by atomic mass is 10.1. The number of carbonyl (C=O) groups excluding carboxylic acids is 1. The molecule has 0 spiro atoms. The number of aromatic amines is 1. The molecule has 1 amide bonds. The minimum atomic E-state index is 0.132. The van der Waals surface area contributed by atoms with E-state index in [1.807, 2.05) is 29.2 Å². The van der Waals surface area contributed by atoms with E-state index in [1.165, 1.54) is 6.33 Å². The predicted octanol–water partition coefficient (Wildman–Crippen LogP) is 1.25. The summed E-state index contributed by atoms with van der Waals surface area (Å²) < 4.78 is 5.22. The summed E-state index contributed by atoms with van der Waals surface area (Å²) in [6.45, 7) is 2.80. The molecule has 1 aromatic carbocycles. The fraction of sp³-hybridized carbons (Fsp3) is 0.333. The summed E-state index contributed by atoms with van der Waals surface area (Å²) in [4.78, 5) is 32.5. The largest absolute Gasteiger partial charge is 0.497 e. The fourth-order valence-corrected chi connectivity index (χ4v) is 3.23. The first-order valence-corrected chi connectivity index (χ1v) is 8.54. The Morgan fingerprint density at radius 2 is 2.04 bits per heavy atom. The number of ether oxygens (including phenoxy) is 1. The van der Waals surface area contributed by atoms with Crippen molar-refractivity contribution in [2.24, 2.45) is 0 Å². The van der Waals surface area contributed by atoms with Crippen LogP contribution in [0.4, 0.5) is 5.82 Å². The number of piperazine rings is 1. The number of aromatic nitrogens is 4. The highest BCUT2D eigenvalue weighted by atomic mass is 16.5. The van der Waals surface area contributed by atoms with Crippen molar-refractivity contribution in [1.82, 2.24) is 24.8 Å². The molecule has 1 saturated heterocycles. The van der Waals surface area contributed by atoms with Gasteiger partial charge in [0, 0.05) is 26.2 Å². The first-order chi connectivity index (χ1) is 12.7. The van der Waals surface area contributed by atoms with Crippen molar-refractivity contribution in [1.29, 1.82) is 0 Å². The molecule has 0 atom stereocenters. The number of carbonyl (C=O) groups is 1. The Kier molecular flexibility index (Phi) is 4.39. The number of nitrogens with zero attached hydrogens (tertiary/aromatic N) is 5. The number of benzene rings is 1. The number of rotatable bonds is 4. The zero-order chi connectivity index (χ0) is 17.9. The van der Waals surface area contributed by atoms with E-state index < -0.39 is 0 Å². The van der Waals surface area contributed by atoms with Gasteiger partial charge in [0.2, 0.25) is 5.91 Å². The van der Waals surface area contributed by atoms with E-state index in [2.05, 4.69) is 24.8 Å². The number of amides is 1. The summed E-state index contributed by atoms with van der Waals surface area (Å²) in [6, 6.07) is 7.64. The molecule has 8 nitrogen and oxygen atoms in total. The first kappa shape index (κ1) is 16.3. The Hall–Kier alpha value is -3.16.